The second-order valence-corrected chi connectivity index (χ2v) is 2.33. The van der Waals surface area contributed by atoms with Crippen LogP contribution < -0.4 is 11.1 Å². The molecule has 4 nitrogen and oxygen atoms in total. The van der Waals surface area contributed by atoms with Gasteiger partial charge >= 0.3 is 0 Å². The molecule has 4 heteroatoms. The molecule has 0 aromatic heterocycles. The first kappa shape index (κ1) is 10.6. The Kier molecular flexibility index (Phi) is 4.60. The summed E-state index contributed by atoms with van der Waals surface area (Å²) in [4.78, 5) is 11.0. The summed E-state index contributed by atoms with van der Waals surface area (Å²) in [5, 5.41) is 2.43. The Bertz CT molecular complexity index is 205. The van der Waals surface area contributed by atoms with Gasteiger partial charge in [0.1, 0.15) is 0 Å². The van der Waals surface area contributed by atoms with Crippen LogP contribution in [0.2, 0.25) is 0 Å². The van der Waals surface area contributed by atoms with E-state index >= 15 is 0 Å². The highest BCUT2D eigenvalue weighted by Gasteiger charge is 1.99. The van der Waals surface area contributed by atoms with Crippen molar-refractivity contribution in [3.8, 4) is 0 Å². The van der Waals surface area contributed by atoms with E-state index in [0.717, 1.165) is 0 Å². The number of hydrogen-bond acceptors (Lipinski definition) is 3. The maximum Gasteiger partial charge on any atom is 0.230 e. The van der Waals surface area contributed by atoms with Gasteiger partial charge in [-0.25, -0.2) is 0 Å². The van der Waals surface area contributed by atoms with Gasteiger partial charge in [-0.1, -0.05) is 6.08 Å². The van der Waals surface area contributed by atoms with Crippen LogP contribution in [0.1, 0.15) is 13.3 Å². The number of hydrogen-bond donors (Lipinski definition) is 2. The lowest BCUT2D eigenvalue weighted by Gasteiger charge is -2.04. The van der Waals surface area contributed by atoms with Crippen LogP contribution in [0.25, 0.3) is 0 Å². The third kappa shape index (κ3) is 5.34. The van der Waals surface area contributed by atoms with Crippen molar-refractivity contribution in [2.45, 2.75) is 13.3 Å². The van der Waals surface area contributed by atoms with Crippen LogP contribution in [0.5, 0.6) is 0 Å². The second kappa shape index (κ2) is 5.23. The topological polar surface area (TPSA) is 64.4 Å². The third-order valence-electron chi connectivity index (χ3n) is 1.13. The van der Waals surface area contributed by atoms with Gasteiger partial charge in [-0.05, 0) is 13.5 Å². The van der Waals surface area contributed by atoms with Gasteiger partial charge < -0.3 is 10.5 Å². The molecule has 3 N–H and O–H groups in total. The zero-order valence-corrected chi connectivity index (χ0v) is 7.39. The second-order valence-electron chi connectivity index (χ2n) is 2.33. The first-order valence-corrected chi connectivity index (χ1v) is 3.51. The summed E-state index contributed by atoms with van der Waals surface area (Å²) >= 11 is 0. The molecule has 0 aromatic carbocycles. The normalized spacial score (nSPS) is 10.7. The van der Waals surface area contributed by atoms with Crippen molar-refractivity contribution in [3.05, 3.63) is 24.2 Å². The van der Waals surface area contributed by atoms with Gasteiger partial charge in [0, 0.05) is 12.1 Å². The number of amides is 1. The number of nitrogens with two attached hydrogens (primary N) is 1. The van der Waals surface area contributed by atoms with Crippen molar-refractivity contribution >= 4 is 5.91 Å². The van der Waals surface area contributed by atoms with Gasteiger partial charge in [-0.15, -0.1) is 0 Å². The minimum atomic E-state index is -0.188. The summed E-state index contributed by atoms with van der Waals surface area (Å²) < 4.78 is 4.65. The van der Waals surface area contributed by atoms with Gasteiger partial charge in [0.2, 0.25) is 5.91 Å². The first-order chi connectivity index (χ1) is 5.56. The van der Waals surface area contributed by atoms with Crippen LogP contribution in [0.3, 0.4) is 0 Å². The molecule has 0 saturated heterocycles. The molecule has 1 amide bonds. The predicted octanol–water partition coefficient (Wildman–Crippen LogP) is 0.473. The molecule has 68 valence electrons. The SMILES string of the molecule is C=C(NC(=O)C/C=C(\C)N)OC. The molecule has 0 aliphatic carbocycles. The first-order valence-electron chi connectivity index (χ1n) is 3.51. The molecule has 0 spiro atoms. The number of allylic oxidation sites excluding steroid dienone is 1. The Morgan fingerprint density at radius 1 is 1.75 bits per heavy atom. The highest BCUT2D eigenvalue weighted by Crippen LogP contribution is 1.90. The Balaban J connectivity index is 3.75. The minimum absolute atomic E-state index is 0.188. The number of methoxy groups -OCH3 is 1. The lowest BCUT2D eigenvalue weighted by molar-refractivity contribution is -0.120. The summed E-state index contributed by atoms with van der Waals surface area (Å²) in [6.45, 7) is 5.15. The van der Waals surface area contributed by atoms with Crippen LogP contribution in [0.4, 0.5) is 0 Å². The average Bonchev–Trinajstić information content (AvgIpc) is 2.00. The Labute approximate surface area is 72.1 Å². The highest BCUT2D eigenvalue weighted by atomic mass is 16.5. The number of ether oxygens (including phenoxy) is 1. The van der Waals surface area contributed by atoms with E-state index < -0.39 is 0 Å². The molecule has 12 heavy (non-hydrogen) atoms. The molecule has 0 aromatic rings. The molecular weight excluding hydrogens is 156 g/mol. The van der Waals surface area contributed by atoms with E-state index in [2.05, 4.69) is 16.6 Å². The largest absolute Gasteiger partial charge is 0.483 e. The zero-order valence-electron chi connectivity index (χ0n) is 7.39. The van der Waals surface area contributed by atoms with E-state index in [1.54, 1.807) is 13.0 Å². The molecule has 0 saturated carbocycles. The van der Waals surface area contributed by atoms with E-state index in [0.29, 0.717) is 5.70 Å². The molecular formula is C8H14N2O2. The predicted molar refractivity (Wildman–Crippen MR) is 46.9 cm³/mol. The number of nitrogens with one attached hydrogen (secondary N) is 1. The van der Waals surface area contributed by atoms with Gasteiger partial charge in [0.15, 0.2) is 5.88 Å². The molecule has 0 atom stereocenters. The van der Waals surface area contributed by atoms with Crippen molar-refractivity contribution in [3.63, 3.8) is 0 Å². The smallest absolute Gasteiger partial charge is 0.230 e. The van der Waals surface area contributed by atoms with Crippen LogP contribution in [0.15, 0.2) is 24.2 Å². The number of rotatable bonds is 4. The van der Waals surface area contributed by atoms with Crippen molar-refractivity contribution in [2.75, 3.05) is 7.11 Å². The fraction of sp³-hybridized carbons (Fsp3) is 0.375. The summed E-state index contributed by atoms with van der Waals surface area (Å²) in [5.41, 5.74) is 5.95. The fourth-order valence-corrected chi connectivity index (χ4v) is 0.511. The van der Waals surface area contributed by atoms with Gasteiger partial charge in [0.05, 0.1) is 7.11 Å². The average molecular weight is 170 g/mol. The molecule has 0 bridgehead atoms. The third-order valence-corrected chi connectivity index (χ3v) is 1.13. The van der Waals surface area contributed by atoms with Gasteiger partial charge in [0.25, 0.3) is 0 Å². The van der Waals surface area contributed by atoms with E-state index in [-0.39, 0.29) is 18.2 Å². The lowest BCUT2D eigenvalue weighted by atomic mass is 10.3. The lowest BCUT2D eigenvalue weighted by Crippen LogP contribution is -2.22. The fourth-order valence-electron chi connectivity index (χ4n) is 0.511. The van der Waals surface area contributed by atoms with Crippen molar-refractivity contribution in [2.24, 2.45) is 5.73 Å². The highest BCUT2D eigenvalue weighted by molar-refractivity contribution is 5.78. The van der Waals surface area contributed by atoms with Crippen LogP contribution in [0, 0.1) is 0 Å². The van der Waals surface area contributed by atoms with Crippen LogP contribution in [-0.4, -0.2) is 13.0 Å². The molecule has 0 heterocycles. The standard InChI is InChI=1S/C8H14N2O2/c1-6(9)4-5-8(11)10-7(2)12-3/h4H,2,5,9H2,1,3H3,(H,10,11)/b6-4+. The van der Waals surface area contributed by atoms with Gasteiger partial charge in [-0.3, -0.25) is 10.1 Å². The van der Waals surface area contributed by atoms with E-state index in [1.165, 1.54) is 7.11 Å². The van der Waals surface area contributed by atoms with Gasteiger partial charge in [-0.2, -0.15) is 0 Å². The van der Waals surface area contributed by atoms with Crippen LogP contribution >= 0.6 is 0 Å². The Morgan fingerprint density at radius 2 is 2.33 bits per heavy atom. The zero-order chi connectivity index (χ0) is 9.56. The number of carbonyl (C=O) groups excluding carboxylic acids is 1. The summed E-state index contributed by atoms with van der Waals surface area (Å²) in [5.74, 6) is 0.0507. The van der Waals surface area contributed by atoms with Crippen LogP contribution in [-0.2, 0) is 9.53 Å². The monoisotopic (exact) mass is 170 g/mol. The van der Waals surface area contributed by atoms with Crippen molar-refractivity contribution in [1.82, 2.24) is 5.32 Å². The summed E-state index contributed by atoms with van der Waals surface area (Å²) in [6, 6.07) is 0. The van der Waals surface area contributed by atoms with Crippen molar-refractivity contribution in [1.29, 1.82) is 0 Å². The molecule has 0 aliphatic rings. The summed E-state index contributed by atoms with van der Waals surface area (Å²) in [6.07, 6.45) is 1.86. The van der Waals surface area contributed by atoms with E-state index in [4.69, 9.17) is 5.73 Å². The van der Waals surface area contributed by atoms with E-state index in [9.17, 15) is 4.79 Å². The molecule has 0 unspecified atom stereocenters. The maximum absolute atomic E-state index is 11.0. The van der Waals surface area contributed by atoms with E-state index in [1.807, 2.05) is 0 Å². The quantitative estimate of drug-likeness (QED) is 0.603. The summed E-state index contributed by atoms with van der Waals surface area (Å²) in [7, 11) is 1.44. The molecule has 0 radical (unpaired) electrons. The Morgan fingerprint density at radius 3 is 2.75 bits per heavy atom. The van der Waals surface area contributed by atoms with Crippen molar-refractivity contribution < 1.29 is 9.53 Å². The molecule has 0 fully saturated rings. The number of carbonyl (C=O) groups is 1. The molecule has 0 aliphatic heterocycles. The Hall–Kier alpha value is -1.45. The maximum atomic E-state index is 11.0. The minimum Gasteiger partial charge on any atom is -0.483 e. The molecule has 0 rings (SSSR count).